The SMILES string of the molecule is COC[C@H]1O[C@@H](O[C@H]2OC[C@@H]3O[C@]4(O[C@H]3[C@H]2OC(C)=O)O[C@H](C)[C@@](O)(C(C)O)[C@@H]2OCO[C@H]24)[C@@H](OC)[C@@H](O)[C@@H]1O[C@@H]1O[C@H](C)[C@H](OC)[C@H](O[C@H]2C[C@@]3(C)OC4(C[C@@H](O)[C@H](O[C@H]5C[C@@H](O)[C@H](OC(=O)c6c(C)cc(O)cc6O)[C@@H](C)O5)[C@@H](C)O4)O[C@@H]3[C@@H](C)O2)[C@H]1O. The van der Waals surface area contributed by atoms with E-state index in [2.05, 4.69) is 0 Å². The second-order valence-electron chi connectivity index (χ2n) is 25.1. The lowest BCUT2D eigenvalue weighted by molar-refractivity contribution is -0.439. The molecule has 32 atom stereocenters. The number of methoxy groups -OCH3 is 3. The van der Waals surface area contributed by atoms with Gasteiger partial charge in [0, 0.05) is 47.2 Å². The zero-order chi connectivity index (χ0) is 64.8. The van der Waals surface area contributed by atoms with Crippen LogP contribution >= 0.6 is 0 Å². The van der Waals surface area contributed by atoms with Crippen molar-refractivity contribution < 1.29 is 155 Å². The lowest BCUT2D eigenvalue weighted by Crippen LogP contribution is -2.72. The van der Waals surface area contributed by atoms with E-state index in [1.54, 1.807) is 34.6 Å². The number of ether oxygens (including phenoxy) is 22. The largest absolute Gasteiger partial charge is 0.508 e. The Kier molecular flexibility index (Phi) is 20.0. The van der Waals surface area contributed by atoms with E-state index in [4.69, 9.17) is 104 Å². The van der Waals surface area contributed by atoms with Gasteiger partial charge in [0.25, 0.3) is 5.97 Å². The quantitative estimate of drug-likeness (QED) is 0.0882. The minimum absolute atomic E-state index is 0.0133. The highest BCUT2D eigenvalue weighted by Gasteiger charge is 2.73. The van der Waals surface area contributed by atoms with Crippen molar-refractivity contribution in [1.82, 2.24) is 0 Å². The number of carbonyl (C=O) groups is 2. The Bertz CT molecular complexity index is 2620. The molecule has 10 aliphatic rings. The van der Waals surface area contributed by atoms with E-state index in [0.717, 1.165) is 6.07 Å². The standard InChI is InChI=1S/C58H86O32/c1-21-13-29(61)14-30(62)37(21)51(67)82-40-22(2)75-35(15-31(40)63)80-41-24(4)85-56(16-32(41)64)89-48-25(5)76-36(17-55(48,9)90-56)81-45-39(66)52(77-23(3)42(45)70-11)83-43-33(18-69-10)79-54(46(71-12)38(43)65)84-53-47(78-28(8)60)44-34(19-72-53)87-58(88-44)50-49(73-20-74-50)57(68,26(6)59)27(7)86-58/h13-14,22-27,31-36,38-50,52-54,59,61-66,68H,15-20H2,1-12H3/t22-,23-,24-,25-,26?,27-,31-,32-,33-,34+,35+,36+,38+,39-,40-,41-,42+,43-,44-,45-,46+,47-,48-,49-,50-,52+,53-,54+,55-,56?,57+,58-/m1/s1. The second kappa shape index (κ2) is 26.4. The summed E-state index contributed by atoms with van der Waals surface area (Å²) in [6, 6.07) is 2.30. The smallest absolute Gasteiger partial charge is 0.342 e. The molecule has 10 heterocycles. The number of fused-ring (bicyclic) bond motifs is 4. The summed E-state index contributed by atoms with van der Waals surface area (Å²) in [6.07, 6.45) is -33.3. The fourth-order valence-corrected chi connectivity index (χ4v) is 14.4. The maximum Gasteiger partial charge on any atom is 0.342 e. The van der Waals surface area contributed by atoms with Crippen LogP contribution in [0.2, 0.25) is 0 Å². The van der Waals surface area contributed by atoms with Crippen LogP contribution in [-0.2, 0) is 109 Å². The van der Waals surface area contributed by atoms with E-state index in [9.17, 15) is 50.4 Å². The number of carbonyl (C=O) groups excluding carboxylic acids is 2. The van der Waals surface area contributed by atoms with Gasteiger partial charge in [-0.1, -0.05) is 0 Å². The molecule has 11 rings (SSSR count). The van der Waals surface area contributed by atoms with Crippen LogP contribution in [0.3, 0.4) is 0 Å². The Morgan fingerprint density at radius 2 is 1.37 bits per heavy atom. The number of rotatable bonds is 16. The molecular weight excluding hydrogens is 1210 g/mol. The van der Waals surface area contributed by atoms with Crippen molar-refractivity contribution in [3.8, 4) is 11.5 Å². The lowest BCUT2D eigenvalue weighted by atomic mass is 9.80. The van der Waals surface area contributed by atoms with Crippen LogP contribution in [0.15, 0.2) is 12.1 Å². The third-order valence-corrected chi connectivity index (χ3v) is 18.7. The minimum atomic E-state index is -2.02. The van der Waals surface area contributed by atoms with E-state index < -0.39 is 213 Å². The van der Waals surface area contributed by atoms with Gasteiger partial charge >= 0.3 is 17.9 Å². The van der Waals surface area contributed by atoms with Crippen LogP contribution in [0, 0.1) is 6.92 Å². The highest BCUT2D eigenvalue weighted by molar-refractivity contribution is 5.94. The number of aliphatic hydroxyl groups is 6. The maximum absolute atomic E-state index is 13.1. The number of aryl methyl sites for hydroxylation is 1. The van der Waals surface area contributed by atoms with Gasteiger partial charge in [-0.2, -0.15) is 0 Å². The van der Waals surface area contributed by atoms with Gasteiger partial charge in [0.1, 0.15) is 108 Å². The number of aliphatic hydroxyl groups excluding tert-OH is 5. The van der Waals surface area contributed by atoms with Gasteiger partial charge in [0.2, 0.25) is 6.29 Å². The normalized spacial score (nSPS) is 49.6. The fraction of sp³-hybridized carbons (Fsp3) is 0.862. The number of hydrogen-bond donors (Lipinski definition) is 8. The molecule has 10 fully saturated rings. The molecule has 0 amide bonds. The first-order valence-electron chi connectivity index (χ1n) is 30.3. The van der Waals surface area contributed by atoms with Crippen LogP contribution in [0.25, 0.3) is 0 Å². The molecule has 32 nitrogen and oxygen atoms in total. The molecule has 1 aromatic carbocycles. The Labute approximate surface area is 518 Å². The lowest BCUT2D eigenvalue weighted by Gasteiger charge is -2.51. The molecule has 32 heteroatoms. The summed E-state index contributed by atoms with van der Waals surface area (Å²) in [5.41, 5.74) is -3.02. The highest BCUT2D eigenvalue weighted by Crippen LogP contribution is 2.53. The molecular formula is C58H86O32. The summed E-state index contributed by atoms with van der Waals surface area (Å²) < 4.78 is 136. The number of phenols is 2. The summed E-state index contributed by atoms with van der Waals surface area (Å²) >= 11 is 0. The summed E-state index contributed by atoms with van der Waals surface area (Å²) in [4.78, 5) is 25.9. The molecule has 90 heavy (non-hydrogen) atoms. The molecule has 510 valence electrons. The average molecular weight is 1300 g/mol. The predicted molar refractivity (Wildman–Crippen MR) is 290 cm³/mol. The molecule has 0 bridgehead atoms. The summed E-state index contributed by atoms with van der Waals surface area (Å²) in [7, 11) is 4.10. The first-order valence-corrected chi connectivity index (χ1v) is 30.3. The van der Waals surface area contributed by atoms with Crippen molar-refractivity contribution in [3.63, 3.8) is 0 Å². The molecule has 2 unspecified atom stereocenters. The van der Waals surface area contributed by atoms with Crippen LogP contribution in [-0.4, -0.2) is 289 Å². The van der Waals surface area contributed by atoms with Crippen molar-refractivity contribution in [2.24, 2.45) is 0 Å². The van der Waals surface area contributed by atoms with Crippen LogP contribution < -0.4 is 0 Å². The molecule has 8 N–H and O–H groups in total. The van der Waals surface area contributed by atoms with Gasteiger partial charge in [0.05, 0.1) is 68.5 Å². The molecule has 0 aromatic heterocycles. The number of benzene rings is 1. The predicted octanol–water partition coefficient (Wildman–Crippen LogP) is -1.40. The minimum Gasteiger partial charge on any atom is -0.508 e. The zero-order valence-electron chi connectivity index (χ0n) is 51.9. The second-order valence-corrected chi connectivity index (χ2v) is 25.1. The number of hydrogen-bond acceptors (Lipinski definition) is 32. The summed E-state index contributed by atoms with van der Waals surface area (Å²) in [5, 5.41) is 89.7. The van der Waals surface area contributed by atoms with Crippen molar-refractivity contribution in [2.45, 2.75) is 277 Å². The fourth-order valence-electron chi connectivity index (χ4n) is 14.4. The zero-order valence-corrected chi connectivity index (χ0v) is 51.9. The third-order valence-electron chi connectivity index (χ3n) is 18.7. The Balaban J connectivity index is 0.717. The van der Waals surface area contributed by atoms with Crippen LogP contribution in [0.5, 0.6) is 11.5 Å². The van der Waals surface area contributed by atoms with Gasteiger partial charge in [-0.3, -0.25) is 4.79 Å². The molecule has 10 aliphatic heterocycles. The number of phenolic OH excluding ortho intramolecular Hbond substituents is 2. The van der Waals surface area contributed by atoms with Gasteiger partial charge < -0.3 is 145 Å². The topological polar surface area (TPSA) is 399 Å². The molecule has 2 spiro atoms. The highest BCUT2D eigenvalue weighted by atomic mass is 16.9. The van der Waals surface area contributed by atoms with Gasteiger partial charge in [-0.25, -0.2) is 4.79 Å². The van der Waals surface area contributed by atoms with Crippen molar-refractivity contribution in [1.29, 1.82) is 0 Å². The Morgan fingerprint density at radius 3 is 2.03 bits per heavy atom. The monoisotopic (exact) mass is 1290 g/mol. The Hall–Kier alpha value is -3.28. The van der Waals surface area contributed by atoms with Crippen LogP contribution in [0.4, 0.5) is 0 Å². The van der Waals surface area contributed by atoms with Gasteiger partial charge in [-0.15, -0.1) is 0 Å². The van der Waals surface area contributed by atoms with E-state index in [1.807, 2.05) is 0 Å². The number of esters is 2. The van der Waals surface area contributed by atoms with Crippen molar-refractivity contribution in [3.05, 3.63) is 23.3 Å². The maximum atomic E-state index is 13.1. The van der Waals surface area contributed by atoms with Gasteiger partial charge in [0.15, 0.2) is 43.5 Å². The molecule has 0 saturated carbocycles. The number of aromatic hydroxyl groups is 2. The molecule has 0 radical (unpaired) electrons. The Morgan fingerprint density at radius 1 is 0.667 bits per heavy atom. The van der Waals surface area contributed by atoms with Crippen molar-refractivity contribution in [2.75, 3.05) is 41.3 Å². The van der Waals surface area contributed by atoms with Gasteiger partial charge in [-0.05, 0) is 67.0 Å². The molecule has 0 aliphatic carbocycles. The molecule has 1 aromatic rings. The summed E-state index contributed by atoms with van der Waals surface area (Å²) in [5.74, 6) is -6.22. The third kappa shape index (κ3) is 12.5. The van der Waals surface area contributed by atoms with E-state index in [0.29, 0.717) is 0 Å². The van der Waals surface area contributed by atoms with Crippen molar-refractivity contribution >= 4 is 11.9 Å². The van der Waals surface area contributed by atoms with E-state index in [1.165, 1.54) is 55.1 Å². The van der Waals surface area contributed by atoms with E-state index >= 15 is 0 Å². The first-order chi connectivity index (χ1) is 42.6. The van der Waals surface area contributed by atoms with Crippen LogP contribution in [0.1, 0.15) is 90.6 Å². The summed E-state index contributed by atoms with van der Waals surface area (Å²) in [6.45, 7) is 13.3. The first kappa shape index (κ1) is 68.1. The average Bonchev–Trinajstić information content (AvgIpc) is 1.59. The molecule has 10 saturated heterocycles. The van der Waals surface area contributed by atoms with E-state index in [-0.39, 0.29) is 56.1 Å².